The Morgan fingerprint density at radius 1 is 1.09 bits per heavy atom. The molecule has 5 rings (SSSR count). The van der Waals surface area contributed by atoms with Gasteiger partial charge in [-0.1, -0.05) is 6.07 Å². The average Bonchev–Trinajstić information content (AvgIpc) is 3.45. The van der Waals surface area contributed by atoms with Crippen molar-refractivity contribution in [2.24, 2.45) is 0 Å². The van der Waals surface area contributed by atoms with Crippen LogP contribution in [0.25, 0.3) is 11.0 Å². The number of rotatable bonds is 5. The molecule has 0 unspecified atom stereocenters. The van der Waals surface area contributed by atoms with Crippen molar-refractivity contribution in [3.05, 3.63) is 61.3 Å². The SMILES string of the molecule is Cc1cc(C)c2oc(C(=O)Nc3sc4c(c3C(=O)NC[C@@H]3CCCO3)CCCC4)cc(=O)c2c1. The third kappa shape index (κ3) is 4.40. The Morgan fingerprint density at radius 3 is 2.71 bits per heavy atom. The van der Waals surface area contributed by atoms with Crippen LogP contribution in [0.4, 0.5) is 5.00 Å². The van der Waals surface area contributed by atoms with Crippen LogP contribution in [0.5, 0.6) is 0 Å². The first kappa shape index (κ1) is 22.8. The second-order valence-corrected chi connectivity index (χ2v) is 10.3. The van der Waals surface area contributed by atoms with Crippen molar-refractivity contribution in [1.29, 1.82) is 0 Å². The van der Waals surface area contributed by atoms with E-state index in [1.807, 2.05) is 19.9 Å². The predicted octanol–water partition coefficient (Wildman–Crippen LogP) is 4.51. The second-order valence-electron chi connectivity index (χ2n) is 9.15. The molecule has 0 radical (unpaired) electrons. The average molecular weight is 481 g/mol. The third-order valence-corrected chi connectivity index (χ3v) is 7.73. The fourth-order valence-electron chi connectivity index (χ4n) is 4.88. The molecule has 3 heterocycles. The Hall–Kier alpha value is -2.97. The molecule has 1 fully saturated rings. The molecule has 1 aliphatic carbocycles. The smallest absolute Gasteiger partial charge is 0.292 e. The highest BCUT2D eigenvalue weighted by molar-refractivity contribution is 7.17. The van der Waals surface area contributed by atoms with Gasteiger partial charge in [-0.05, 0) is 75.1 Å². The van der Waals surface area contributed by atoms with Gasteiger partial charge >= 0.3 is 0 Å². The lowest BCUT2D eigenvalue weighted by Gasteiger charge is -2.15. The highest BCUT2D eigenvalue weighted by Crippen LogP contribution is 2.38. The molecule has 1 saturated heterocycles. The first-order valence-electron chi connectivity index (χ1n) is 11.8. The van der Waals surface area contributed by atoms with Gasteiger partial charge in [0.2, 0.25) is 0 Å². The molecule has 0 saturated carbocycles. The number of amides is 2. The third-order valence-electron chi connectivity index (χ3n) is 6.52. The van der Waals surface area contributed by atoms with E-state index in [-0.39, 0.29) is 23.2 Å². The summed E-state index contributed by atoms with van der Waals surface area (Å²) >= 11 is 1.44. The number of fused-ring (bicyclic) bond motifs is 2. The van der Waals surface area contributed by atoms with Crippen LogP contribution in [0.1, 0.15) is 68.2 Å². The van der Waals surface area contributed by atoms with Gasteiger partial charge in [0.05, 0.1) is 17.1 Å². The molecule has 1 aromatic carbocycles. The van der Waals surface area contributed by atoms with Gasteiger partial charge in [-0.2, -0.15) is 0 Å². The molecule has 3 aromatic rings. The minimum Gasteiger partial charge on any atom is -0.450 e. The van der Waals surface area contributed by atoms with Gasteiger partial charge in [0, 0.05) is 24.1 Å². The fourth-order valence-corrected chi connectivity index (χ4v) is 6.16. The van der Waals surface area contributed by atoms with Gasteiger partial charge in [0.15, 0.2) is 11.2 Å². The van der Waals surface area contributed by atoms with E-state index in [1.165, 1.54) is 17.4 Å². The van der Waals surface area contributed by atoms with E-state index in [2.05, 4.69) is 10.6 Å². The van der Waals surface area contributed by atoms with Crippen molar-refractivity contribution in [3.8, 4) is 0 Å². The molecule has 2 aliphatic rings. The molecule has 2 aromatic heterocycles. The number of nitrogens with one attached hydrogen (secondary N) is 2. The molecule has 2 N–H and O–H groups in total. The van der Waals surface area contributed by atoms with Gasteiger partial charge in [0.1, 0.15) is 10.6 Å². The van der Waals surface area contributed by atoms with E-state index >= 15 is 0 Å². The van der Waals surface area contributed by atoms with E-state index in [0.717, 1.165) is 66.7 Å². The molecule has 7 nitrogen and oxygen atoms in total. The predicted molar refractivity (Wildman–Crippen MR) is 132 cm³/mol. The summed E-state index contributed by atoms with van der Waals surface area (Å²) in [6.07, 6.45) is 5.77. The van der Waals surface area contributed by atoms with Crippen molar-refractivity contribution in [2.45, 2.75) is 58.5 Å². The summed E-state index contributed by atoms with van der Waals surface area (Å²) in [4.78, 5) is 40.2. The molecule has 0 spiro atoms. The Balaban J connectivity index is 1.44. The summed E-state index contributed by atoms with van der Waals surface area (Å²) in [5.41, 5.74) is 3.44. The van der Waals surface area contributed by atoms with E-state index in [1.54, 1.807) is 6.07 Å². The second kappa shape index (κ2) is 9.35. The van der Waals surface area contributed by atoms with Crippen LogP contribution in [-0.4, -0.2) is 31.1 Å². The van der Waals surface area contributed by atoms with Crippen LogP contribution in [0.3, 0.4) is 0 Å². The minimum absolute atomic E-state index is 0.0372. The number of carbonyl (C=O) groups excluding carboxylic acids is 2. The van der Waals surface area contributed by atoms with E-state index in [4.69, 9.17) is 9.15 Å². The first-order chi connectivity index (χ1) is 16.4. The molecule has 0 bridgehead atoms. The summed E-state index contributed by atoms with van der Waals surface area (Å²) in [5.74, 6) is -0.802. The quantitative estimate of drug-likeness (QED) is 0.560. The lowest BCUT2D eigenvalue weighted by atomic mass is 9.95. The van der Waals surface area contributed by atoms with Gasteiger partial charge in [-0.3, -0.25) is 14.4 Å². The lowest BCUT2D eigenvalue weighted by Crippen LogP contribution is -2.32. The maximum absolute atomic E-state index is 13.2. The molecule has 2 amide bonds. The van der Waals surface area contributed by atoms with Crippen LogP contribution in [-0.2, 0) is 17.6 Å². The molecule has 1 atom stereocenters. The van der Waals surface area contributed by atoms with Gasteiger partial charge in [-0.15, -0.1) is 11.3 Å². The number of anilines is 1. The highest BCUT2D eigenvalue weighted by Gasteiger charge is 2.28. The fraction of sp³-hybridized carbons (Fsp3) is 0.423. The Morgan fingerprint density at radius 2 is 1.91 bits per heavy atom. The van der Waals surface area contributed by atoms with Gasteiger partial charge in [-0.25, -0.2) is 0 Å². The van der Waals surface area contributed by atoms with Crippen LogP contribution in [0.15, 0.2) is 27.4 Å². The number of carbonyl (C=O) groups is 2. The van der Waals surface area contributed by atoms with Crippen molar-refractivity contribution in [1.82, 2.24) is 5.32 Å². The van der Waals surface area contributed by atoms with Crippen LogP contribution in [0.2, 0.25) is 0 Å². The zero-order chi connectivity index (χ0) is 23.8. The van der Waals surface area contributed by atoms with Gasteiger partial charge in [0.25, 0.3) is 11.8 Å². The number of ether oxygens (including phenoxy) is 1. The summed E-state index contributed by atoms with van der Waals surface area (Å²) in [7, 11) is 0. The number of aryl methyl sites for hydroxylation is 3. The van der Waals surface area contributed by atoms with E-state index in [9.17, 15) is 14.4 Å². The van der Waals surface area contributed by atoms with E-state index in [0.29, 0.717) is 28.1 Å². The topological polar surface area (TPSA) is 97.6 Å². The number of benzene rings is 1. The summed E-state index contributed by atoms with van der Waals surface area (Å²) < 4.78 is 11.5. The summed E-state index contributed by atoms with van der Waals surface area (Å²) in [5, 5.41) is 6.82. The lowest BCUT2D eigenvalue weighted by molar-refractivity contribution is 0.0858. The van der Waals surface area contributed by atoms with Crippen LogP contribution >= 0.6 is 11.3 Å². The Kier molecular flexibility index (Phi) is 6.27. The van der Waals surface area contributed by atoms with Crippen molar-refractivity contribution in [3.63, 3.8) is 0 Å². The van der Waals surface area contributed by atoms with Crippen molar-refractivity contribution < 1.29 is 18.7 Å². The maximum Gasteiger partial charge on any atom is 0.292 e. The van der Waals surface area contributed by atoms with Crippen LogP contribution < -0.4 is 16.1 Å². The van der Waals surface area contributed by atoms with E-state index < -0.39 is 5.91 Å². The molecule has 1 aliphatic heterocycles. The van der Waals surface area contributed by atoms with Crippen LogP contribution in [0, 0.1) is 13.8 Å². The monoisotopic (exact) mass is 480 g/mol. The standard InChI is InChI=1S/C26H28N2O5S/c1-14-10-15(2)23-18(11-14)19(29)12-20(33-23)24(30)28-26-22(17-7-3-4-8-21(17)34-26)25(31)27-13-16-6-5-9-32-16/h10-12,16H,3-9,13H2,1-2H3,(H,27,31)(H,28,30)/t16-/m0/s1. The Bertz CT molecular complexity index is 1330. The molecular formula is C26H28N2O5S. The first-order valence-corrected chi connectivity index (χ1v) is 12.6. The Labute approximate surface area is 201 Å². The summed E-state index contributed by atoms with van der Waals surface area (Å²) in [6, 6.07) is 4.90. The molecular weight excluding hydrogens is 452 g/mol. The number of thiophene rings is 1. The normalized spacial score (nSPS) is 17.5. The molecule has 178 valence electrons. The largest absolute Gasteiger partial charge is 0.450 e. The number of hydrogen-bond donors (Lipinski definition) is 2. The van der Waals surface area contributed by atoms with Gasteiger partial charge < -0.3 is 19.8 Å². The molecule has 8 heteroatoms. The molecule has 34 heavy (non-hydrogen) atoms. The zero-order valence-corrected chi connectivity index (χ0v) is 20.2. The zero-order valence-electron chi connectivity index (χ0n) is 19.4. The van der Waals surface area contributed by atoms with Crippen molar-refractivity contribution >= 4 is 39.1 Å². The maximum atomic E-state index is 13.2. The highest BCUT2D eigenvalue weighted by atomic mass is 32.1. The minimum atomic E-state index is -0.536. The van der Waals surface area contributed by atoms with Crippen molar-refractivity contribution in [2.75, 3.05) is 18.5 Å². The summed E-state index contributed by atoms with van der Waals surface area (Å²) in [6.45, 7) is 4.95. The number of hydrogen-bond acceptors (Lipinski definition) is 6.